The van der Waals surface area contributed by atoms with E-state index >= 15 is 0 Å². The molecular formula is C11H13N5O4S. The molecule has 0 fully saturated rings. The molecule has 0 spiro atoms. The first-order chi connectivity index (χ1) is 9.87. The summed E-state index contributed by atoms with van der Waals surface area (Å²) in [7, 11) is -3.72. The maximum absolute atomic E-state index is 11.7. The number of nitrogens with zero attached hydrogens (tertiary/aromatic N) is 4. The fourth-order valence-electron chi connectivity index (χ4n) is 1.62. The third-order valence-electron chi connectivity index (χ3n) is 2.57. The van der Waals surface area contributed by atoms with Gasteiger partial charge in [0.2, 0.25) is 10.0 Å². The van der Waals surface area contributed by atoms with Crippen molar-refractivity contribution in [3.05, 3.63) is 30.1 Å². The highest BCUT2D eigenvalue weighted by Crippen LogP contribution is 2.16. The van der Waals surface area contributed by atoms with E-state index < -0.39 is 28.2 Å². The highest BCUT2D eigenvalue weighted by Gasteiger charge is 2.13. The minimum atomic E-state index is -3.72. The van der Waals surface area contributed by atoms with E-state index in [1.807, 2.05) is 0 Å². The smallest absolute Gasteiger partial charge is 0.304 e. The fourth-order valence-corrected chi connectivity index (χ4v) is 2.66. The lowest BCUT2D eigenvalue weighted by Crippen LogP contribution is -2.19. The minimum absolute atomic E-state index is 0.313. The molecule has 10 heteroatoms. The van der Waals surface area contributed by atoms with Crippen LogP contribution in [-0.4, -0.2) is 45.5 Å². The second-order valence-corrected chi connectivity index (χ2v) is 6.09. The standard InChI is InChI=1S/C11H13N5O4S/c1-8-12-14-15-16(8)10-4-2-3-9(7-10)13-21(19,20)6-5-11(17)18/h2-4,7,13H,5-6H2,1H3,(H,17,18). The highest BCUT2D eigenvalue weighted by atomic mass is 32.2. The van der Waals surface area contributed by atoms with Gasteiger partial charge in [-0.05, 0) is 35.5 Å². The Hall–Kier alpha value is -2.49. The van der Waals surface area contributed by atoms with E-state index in [2.05, 4.69) is 20.2 Å². The van der Waals surface area contributed by atoms with Gasteiger partial charge < -0.3 is 5.11 Å². The summed E-state index contributed by atoms with van der Waals surface area (Å²) in [6.07, 6.45) is -0.457. The average molecular weight is 311 g/mol. The van der Waals surface area contributed by atoms with Crippen molar-refractivity contribution >= 4 is 21.7 Å². The van der Waals surface area contributed by atoms with Gasteiger partial charge in [0.15, 0.2) is 5.82 Å². The summed E-state index contributed by atoms with van der Waals surface area (Å²) in [6.45, 7) is 1.71. The maximum atomic E-state index is 11.7. The lowest BCUT2D eigenvalue weighted by molar-refractivity contribution is -0.136. The summed E-state index contributed by atoms with van der Waals surface area (Å²) < 4.78 is 27.3. The Morgan fingerprint density at radius 3 is 2.81 bits per heavy atom. The van der Waals surface area contributed by atoms with Crippen LogP contribution in [0, 0.1) is 6.92 Å². The summed E-state index contributed by atoms with van der Waals surface area (Å²) in [5.41, 5.74) is 0.906. The second kappa shape index (κ2) is 5.87. The van der Waals surface area contributed by atoms with E-state index in [4.69, 9.17) is 5.11 Å². The van der Waals surface area contributed by atoms with Crippen molar-refractivity contribution in [2.75, 3.05) is 10.5 Å². The Balaban J connectivity index is 2.19. The molecular weight excluding hydrogens is 298 g/mol. The van der Waals surface area contributed by atoms with E-state index in [0.29, 0.717) is 17.2 Å². The predicted molar refractivity (Wildman–Crippen MR) is 73.6 cm³/mol. The van der Waals surface area contributed by atoms with Gasteiger partial charge >= 0.3 is 5.97 Å². The van der Waals surface area contributed by atoms with Gasteiger partial charge in [-0.3, -0.25) is 9.52 Å². The number of sulfonamides is 1. The average Bonchev–Trinajstić information content (AvgIpc) is 2.83. The first kappa shape index (κ1) is 14.9. The summed E-state index contributed by atoms with van der Waals surface area (Å²) >= 11 is 0. The number of anilines is 1. The SMILES string of the molecule is Cc1nnnn1-c1cccc(NS(=O)(=O)CCC(=O)O)c1. The molecule has 0 bridgehead atoms. The third kappa shape index (κ3) is 3.99. The van der Waals surface area contributed by atoms with Gasteiger partial charge in [-0.2, -0.15) is 4.68 Å². The number of tetrazole rings is 1. The van der Waals surface area contributed by atoms with Crippen LogP contribution >= 0.6 is 0 Å². The number of hydrogen-bond acceptors (Lipinski definition) is 6. The Kier molecular flexibility index (Phi) is 4.17. The Morgan fingerprint density at radius 2 is 2.19 bits per heavy atom. The molecule has 1 aromatic carbocycles. The number of carbonyl (C=O) groups is 1. The van der Waals surface area contributed by atoms with Crippen molar-refractivity contribution in [2.45, 2.75) is 13.3 Å². The van der Waals surface area contributed by atoms with E-state index in [1.54, 1.807) is 31.2 Å². The van der Waals surface area contributed by atoms with Crippen molar-refractivity contribution in [3.8, 4) is 5.69 Å². The summed E-state index contributed by atoms with van der Waals surface area (Å²) in [5, 5.41) is 19.6. The van der Waals surface area contributed by atoms with Gasteiger partial charge in [-0.1, -0.05) is 6.07 Å². The van der Waals surface area contributed by atoms with Crippen molar-refractivity contribution in [1.29, 1.82) is 0 Å². The number of aromatic nitrogens is 4. The van der Waals surface area contributed by atoms with Crippen LogP contribution in [0.5, 0.6) is 0 Å². The normalized spacial score (nSPS) is 11.3. The monoisotopic (exact) mass is 311 g/mol. The number of aliphatic carboxylic acids is 1. The summed E-state index contributed by atoms with van der Waals surface area (Å²) in [5.74, 6) is -1.10. The zero-order valence-corrected chi connectivity index (χ0v) is 11.9. The van der Waals surface area contributed by atoms with Crippen LogP contribution in [0.2, 0.25) is 0 Å². The molecule has 0 aliphatic heterocycles. The van der Waals surface area contributed by atoms with Crippen LogP contribution in [0.15, 0.2) is 24.3 Å². The quantitative estimate of drug-likeness (QED) is 0.779. The molecule has 0 aliphatic rings. The second-order valence-electron chi connectivity index (χ2n) is 4.25. The Labute approximate surface area is 120 Å². The first-order valence-electron chi connectivity index (χ1n) is 5.95. The molecule has 2 rings (SSSR count). The predicted octanol–water partition coefficient (Wildman–Crippen LogP) is 0.187. The van der Waals surface area contributed by atoms with Gasteiger partial charge in [-0.25, -0.2) is 8.42 Å². The Morgan fingerprint density at radius 1 is 1.43 bits per heavy atom. The zero-order valence-electron chi connectivity index (χ0n) is 11.1. The van der Waals surface area contributed by atoms with Crippen molar-refractivity contribution in [2.24, 2.45) is 0 Å². The topological polar surface area (TPSA) is 127 Å². The van der Waals surface area contributed by atoms with Gasteiger partial charge in [-0.15, -0.1) is 5.10 Å². The number of aryl methyl sites for hydroxylation is 1. The lowest BCUT2D eigenvalue weighted by Gasteiger charge is -2.09. The molecule has 0 unspecified atom stereocenters. The highest BCUT2D eigenvalue weighted by molar-refractivity contribution is 7.92. The van der Waals surface area contributed by atoms with E-state index in [1.165, 1.54) is 4.68 Å². The molecule has 0 aliphatic carbocycles. The van der Waals surface area contributed by atoms with Crippen LogP contribution in [-0.2, 0) is 14.8 Å². The molecule has 1 aromatic heterocycles. The van der Waals surface area contributed by atoms with E-state index in [0.717, 1.165) is 0 Å². The van der Waals surface area contributed by atoms with Gasteiger partial charge in [0.1, 0.15) is 0 Å². The van der Waals surface area contributed by atoms with E-state index in [-0.39, 0.29) is 0 Å². The van der Waals surface area contributed by atoms with Crippen LogP contribution < -0.4 is 4.72 Å². The van der Waals surface area contributed by atoms with Crippen LogP contribution in [0.1, 0.15) is 12.2 Å². The van der Waals surface area contributed by atoms with Crippen molar-refractivity contribution in [1.82, 2.24) is 20.2 Å². The first-order valence-corrected chi connectivity index (χ1v) is 7.60. The number of rotatable bonds is 6. The van der Waals surface area contributed by atoms with E-state index in [9.17, 15) is 13.2 Å². The zero-order chi connectivity index (χ0) is 15.5. The minimum Gasteiger partial charge on any atom is -0.481 e. The molecule has 112 valence electrons. The molecule has 9 nitrogen and oxygen atoms in total. The molecule has 0 saturated heterocycles. The molecule has 0 saturated carbocycles. The number of carboxylic acid groups (broad SMARTS) is 1. The molecule has 0 radical (unpaired) electrons. The molecule has 21 heavy (non-hydrogen) atoms. The maximum Gasteiger partial charge on any atom is 0.304 e. The summed E-state index contributed by atoms with van der Waals surface area (Å²) in [6, 6.07) is 6.48. The fraction of sp³-hybridized carbons (Fsp3) is 0.273. The molecule has 0 atom stereocenters. The molecule has 2 N–H and O–H groups in total. The Bertz CT molecular complexity index is 755. The largest absolute Gasteiger partial charge is 0.481 e. The lowest BCUT2D eigenvalue weighted by atomic mass is 10.3. The van der Waals surface area contributed by atoms with Gasteiger partial charge in [0, 0.05) is 0 Å². The van der Waals surface area contributed by atoms with Crippen LogP contribution in [0.3, 0.4) is 0 Å². The number of benzene rings is 1. The molecule has 2 aromatic rings. The van der Waals surface area contributed by atoms with Crippen molar-refractivity contribution in [3.63, 3.8) is 0 Å². The molecule has 0 amide bonds. The number of nitrogens with one attached hydrogen (secondary N) is 1. The van der Waals surface area contributed by atoms with Gasteiger partial charge in [0.05, 0.1) is 23.5 Å². The van der Waals surface area contributed by atoms with Crippen LogP contribution in [0.4, 0.5) is 5.69 Å². The third-order valence-corrected chi connectivity index (χ3v) is 3.86. The number of carboxylic acids is 1. The number of hydrogen-bond donors (Lipinski definition) is 2. The molecule has 1 heterocycles. The van der Waals surface area contributed by atoms with Gasteiger partial charge in [0.25, 0.3) is 0 Å². The summed E-state index contributed by atoms with van der Waals surface area (Å²) in [4.78, 5) is 10.4. The van der Waals surface area contributed by atoms with Crippen molar-refractivity contribution < 1.29 is 18.3 Å². The van der Waals surface area contributed by atoms with Crippen LogP contribution in [0.25, 0.3) is 5.69 Å².